The summed E-state index contributed by atoms with van der Waals surface area (Å²) in [5, 5.41) is 0. The third kappa shape index (κ3) is 3.43. The van der Waals surface area contributed by atoms with Gasteiger partial charge in [0.25, 0.3) is 5.82 Å². The number of hydrogen-bond donors (Lipinski definition) is 0. The van der Waals surface area contributed by atoms with Gasteiger partial charge in [-0.3, -0.25) is 0 Å². The molecule has 0 bridgehead atoms. The molecule has 0 aliphatic carbocycles. The predicted molar refractivity (Wildman–Crippen MR) is 70.2 cm³/mol. The van der Waals surface area contributed by atoms with Gasteiger partial charge in [-0.25, -0.2) is 13.5 Å². The maximum Gasteiger partial charge on any atom is 0.416 e. The molecule has 0 aliphatic heterocycles. The van der Waals surface area contributed by atoms with Crippen molar-refractivity contribution in [3.05, 3.63) is 53.4 Å². The van der Waals surface area contributed by atoms with Gasteiger partial charge in [-0.05, 0) is 18.6 Å². The van der Waals surface area contributed by atoms with Crippen LogP contribution in [-0.2, 0) is 19.3 Å². The lowest BCUT2D eigenvalue weighted by Crippen LogP contribution is -2.37. The molecule has 1 aromatic heterocycles. The van der Waals surface area contributed by atoms with E-state index in [0.29, 0.717) is 6.07 Å². The highest BCUT2D eigenvalue weighted by Gasteiger charge is 2.34. The first-order valence-electron chi connectivity index (χ1n) is 6.73. The molecule has 2 nitrogen and oxygen atoms in total. The Kier molecular flexibility index (Phi) is 4.34. The molecular weight excluding hydrogens is 284 g/mol. The van der Waals surface area contributed by atoms with Crippen LogP contribution in [0, 0.1) is 12.7 Å². The Labute approximate surface area is 120 Å². The summed E-state index contributed by atoms with van der Waals surface area (Å²) in [4.78, 5) is 0. The van der Waals surface area contributed by atoms with Gasteiger partial charge in [0.2, 0.25) is 0 Å². The van der Waals surface area contributed by atoms with E-state index in [2.05, 4.69) is 0 Å². The summed E-state index contributed by atoms with van der Waals surface area (Å²) < 4.78 is 55.7. The lowest BCUT2D eigenvalue weighted by Gasteiger charge is -2.12. The first kappa shape index (κ1) is 15.5. The zero-order valence-corrected chi connectivity index (χ0v) is 11.9. The van der Waals surface area contributed by atoms with Crippen molar-refractivity contribution in [1.82, 2.24) is 4.57 Å². The Morgan fingerprint density at radius 1 is 1.24 bits per heavy atom. The molecule has 0 spiro atoms. The molecule has 2 rings (SSSR count). The number of alkyl halides is 3. The number of aryl methyl sites for hydroxylation is 1. The molecule has 0 fully saturated rings. The van der Waals surface area contributed by atoms with Crippen molar-refractivity contribution in [3.8, 4) is 0 Å². The van der Waals surface area contributed by atoms with Gasteiger partial charge in [-0.15, -0.1) is 0 Å². The van der Waals surface area contributed by atoms with Crippen LogP contribution >= 0.6 is 0 Å². The molecule has 0 amide bonds. The van der Waals surface area contributed by atoms with Gasteiger partial charge >= 0.3 is 6.18 Å². The zero-order chi connectivity index (χ0) is 15.6. The second-order valence-corrected chi connectivity index (χ2v) is 4.97. The summed E-state index contributed by atoms with van der Waals surface area (Å²) in [5.74, 6) is -0.00866. The normalized spacial score (nSPS) is 11.9. The second kappa shape index (κ2) is 5.87. The van der Waals surface area contributed by atoms with Crippen LogP contribution in [0.3, 0.4) is 0 Å². The number of benzene rings is 1. The molecule has 21 heavy (non-hydrogen) atoms. The molecule has 0 N–H and O–H groups in total. The highest BCUT2D eigenvalue weighted by Crippen LogP contribution is 2.32. The predicted octanol–water partition coefficient (Wildman–Crippen LogP) is 3.70. The van der Waals surface area contributed by atoms with Crippen molar-refractivity contribution in [2.24, 2.45) is 0 Å². The van der Waals surface area contributed by atoms with E-state index in [0.717, 1.165) is 24.9 Å². The third-order valence-corrected chi connectivity index (χ3v) is 3.44. The molecule has 0 radical (unpaired) electrons. The van der Waals surface area contributed by atoms with Gasteiger partial charge < -0.3 is 0 Å². The van der Waals surface area contributed by atoms with Crippen molar-refractivity contribution >= 4 is 0 Å². The molecule has 114 valence electrons. The third-order valence-electron chi connectivity index (χ3n) is 3.44. The van der Waals surface area contributed by atoms with E-state index in [4.69, 9.17) is 0 Å². The minimum absolute atomic E-state index is 0.0613. The molecule has 0 aliphatic rings. The van der Waals surface area contributed by atoms with Crippen LogP contribution in [-0.4, -0.2) is 4.57 Å². The number of halogens is 4. The van der Waals surface area contributed by atoms with Crippen LogP contribution in [0.15, 0.2) is 30.6 Å². The topological polar surface area (TPSA) is 8.81 Å². The molecule has 1 aromatic carbocycles. The van der Waals surface area contributed by atoms with Crippen LogP contribution in [0.4, 0.5) is 17.6 Å². The van der Waals surface area contributed by atoms with E-state index in [1.807, 2.05) is 24.6 Å². The fourth-order valence-electron chi connectivity index (χ4n) is 2.32. The van der Waals surface area contributed by atoms with Crippen LogP contribution in [0.5, 0.6) is 0 Å². The number of imidazole rings is 1. The molecule has 6 heteroatoms. The van der Waals surface area contributed by atoms with Gasteiger partial charge in [0.15, 0.2) is 0 Å². The van der Waals surface area contributed by atoms with Crippen LogP contribution < -0.4 is 4.57 Å². The maximum absolute atomic E-state index is 13.1. The van der Waals surface area contributed by atoms with Gasteiger partial charge in [-0.1, -0.05) is 13.0 Å². The average molecular weight is 301 g/mol. The van der Waals surface area contributed by atoms with Crippen molar-refractivity contribution < 1.29 is 22.1 Å². The van der Waals surface area contributed by atoms with Crippen LogP contribution in [0.25, 0.3) is 0 Å². The van der Waals surface area contributed by atoms with E-state index in [1.54, 1.807) is 10.8 Å². The Morgan fingerprint density at radius 3 is 2.57 bits per heavy atom. The molecule has 0 saturated heterocycles. The van der Waals surface area contributed by atoms with E-state index in [1.165, 1.54) is 6.07 Å². The molecule has 2 aromatic rings. The molecule has 0 saturated carbocycles. The van der Waals surface area contributed by atoms with E-state index >= 15 is 0 Å². The summed E-state index contributed by atoms with van der Waals surface area (Å²) in [6.07, 6.45) is -0.0259. The Hall–Kier alpha value is -1.85. The highest BCUT2D eigenvalue weighted by molar-refractivity contribution is 5.29. The minimum Gasteiger partial charge on any atom is -0.234 e. The fourth-order valence-corrected chi connectivity index (χ4v) is 2.32. The summed E-state index contributed by atoms with van der Waals surface area (Å²) in [5.41, 5.74) is -0.858. The van der Waals surface area contributed by atoms with Crippen LogP contribution in [0.1, 0.15) is 30.3 Å². The number of aromatic nitrogens is 2. The Balaban J connectivity index is 2.36. The zero-order valence-electron chi connectivity index (χ0n) is 11.9. The van der Waals surface area contributed by atoms with Crippen molar-refractivity contribution in [2.75, 3.05) is 0 Å². The van der Waals surface area contributed by atoms with Crippen molar-refractivity contribution in [1.29, 1.82) is 0 Å². The van der Waals surface area contributed by atoms with E-state index in [-0.39, 0.29) is 12.1 Å². The summed E-state index contributed by atoms with van der Waals surface area (Å²) in [6, 6.07) is 2.81. The molecule has 0 atom stereocenters. The van der Waals surface area contributed by atoms with Crippen molar-refractivity contribution in [3.63, 3.8) is 0 Å². The monoisotopic (exact) mass is 301 g/mol. The largest absolute Gasteiger partial charge is 0.416 e. The Morgan fingerprint density at radius 2 is 1.95 bits per heavy atom. The quantitative estimate of drug-likeness (QED) is 0.601. The lowest BCUT2D eigenvalue weighted by molar-refractivity contribution is -0.694. The summed E-state index contributed by atoms with van der Waals surface area (Å²) in [6.45, 7) is 4.77. The Bertz CT molecular complexity index is 629. The number of hydrogen-bond acceptors (Lipinski definition) is 0. The van der Waals surface area contributed by atoms with E-state index < -0.39 is 17.6 Å². The number of nitrogens with zero attached hydrogens (tertiary/aromatic N) is 2. The lowest BCUT2D eigenvalue weighted by atomic mass is 10.1. The second-order valence-electron chi connectivity index (χ2n) is 4.97. The highest BCUT2D eigenvalue weighted by atomic mass is 19.4. The van der Waals surface area contributed by atoms with Gasteiger partial charge in [0.1, 0.15) is 24.8 Å². The maximum atomic E-state index is 13.1. The van der Waals surface area contributed by atoms with Gasteiger partial charge in [0, 0.05) is 12.5 Å². The molecular formula is C15H17F4N2+. The van der Waals surface area contributed by atoms with E-state index in [9.17, 15) is 17.6 Å². The smallest absolute Gasteiger partial charge is 0.234 e. The van der Waals surface area contributed by atoms with Crippen LogP contribution in [0.2, 0.25) is 0 Å². The SMILES string of the molecule is CCCn1cc[n+](Cc2ccc(F)cc2C(F)(F)F)c1C. The molecule has 1 heterocycles. The summed E-state index contributed by atoms with van der Waals surface area (Å²) >= 11 is 0. The number of rotatable bonds is 4. The first-order valence-corrected chi connectivity index (χ1v) is 6.73. The summed E-state index contributed by atoms with van der Waals surface area (Å²) in [7, 11) is 0. The molecule has 0 unspecified atom stereocenters. The fraction of sp³-hybridized carbons (Fsp3) is 0.400. The average Bonchev–Trinajstić information content (AvgIpc) is 2.73. The van der Waals surface area contributed by atoms with Gasteiger partial charge in [0.05, 0.1) is 12.1 Å². The minimum atomic E-state index is -4.56. The van der Waals surface area contributed by atoms with Gasteiger partial charge in [-0.2, -0.15) is 13.2 Å². The first-order chi connectivity index (χ1) is 9.82. The van der Waals surface area contributed by atoms with Crippen molar-refractivity contribution in [2.45, 2.75) is 39.5 Å². The standard InChI is InChI=1S/C15H17F4N2/c1-3-6-20-7-8-21(11(20)2)10-12-4-5-13(16)9-14(12)15(17,18)19/h4-5,7-9H,3,6,10H2,1-2H3/q+1.